The van der Waals surface area contributed by atoms with E-state index in [9.17, 15) is 18.0 Å². The van der Waals surface area contributed by atoms with E-state index in [0.717, 1.165) is 6.42 Å². The van der Waals surface area contributed by atoms with Crippen molar-refractivity contribution in [2.24, 2.45) is 0 Å². The molecule has 1 aromatic carbocycles. The lowest BCUT2D eigenvalue weighted by Gasteiger charge is -2.15. The topological polar surface area (TPSA) is 59.2 Å². The normalized spacial score (nSPS) is 15.8. The summed E-state index contributed by atoms with van der Waals surface area (Å²) in [5, 5.41) is 3.31. The standard InChI is InChI=1S/C13H10F3N3O2/c14-13(15,16)12-17-11(18-21-12)8-3-5-9(6-4-8)19-7-1-2-10(19)20/h3-6H,1-2,7H2. The summed E-state index contributed by atoms with van der Waals surface area (Å²) in [7, 11) is 0. The first-order valence-corrected chi connectivity index (χ1v) is 6.27. The van der Waals surface area contributed by atoms with E-state index < -0.39 is 12.1 Å². The van der Waals surface area contributed by atoms with Gasteiger partial charge >= 0.3 is 12.1 Å². The number of hydrogen-bond acceptors (Lipinski definition) is 4. The minimum absolute atomic E-state index is 0.0432. The van der Waals surface area contributed by atoms with Gasteiger partial charge in [0.05, 0.1) is 0 Å². The number of amides is 1. The molecule has 1 saturated heterocycles. The number of carbonyl (C=O) groups is 1. The number of carbonyl (C=O) groups excluding carboxylic acids is 1. The third-order valence-corrected chi connectivity index (χ3v) is 3.18. The predicted molar refractivity (Wildman–Crippen MR) is 66.3 cm³/mol. The summed E-state index contributed by atoms with van der Waals surface area (Å²) in [6.45, 7) is 0.651. The fourth-order valence-corrected chi connectivity index (χ4v) is 2.17. The van der Waals surface area contributed by atoms with Crippen LogP contribution in [0.3, 0.4) is 0 Å². The molecule has 8 heteroatoms. The van der Waals surface area contributed by atoms with Gasteiger partial charge in [-0.3, -0.25) is 4.79 Å². The molecule has 0 spiro atoms. The molecule has 3 rings (SSSR count). The second-order valence-corrected chi connectivity index (χ2v) is 4.62. The van der Waals surface area contributed by atoms with Crippen molar-refractivity contribution in [3.8, 4) is 11.4 Å². The second-order valence-electron chi connectivity index (χ2n) is 4.62. The first-order valence-electron chi connectivity index (χ1n) is 6.27. The Morgan fingerprint density at radius 2 is 1.90 bits per heavy atom. The van der Waals surface area contributed by atoms with Crippen molar-refractivity contribution in [1.82, 2.24) is 10.1 Å². The van der Waals surface area contributed by atoms with Gasteiger partial charge in [-0.15, -0.1) is 0 Å². The molecule has 0 saturated carbocycles. The molecule has 1 amide bonds. The summed E-state index contributed by atoms with van der Waals surface area (Å²) in [5.41, 5.74) is 1.10. The summed E-state index contributed by atoms with van der Waals surface area (Å²) < 4.78 is 41.3. The van der Waals surface area contributed by atoms with Crippen molar-refractivity contribution in [2.45, 2.75) is 19.0 Å². The number of nitrogens with zero attached hydrogens (tertiary/aromatic N) is 3. The molecule has 1 aromatic heterocycles. The van der Waals surface area contributed by atoms with Gasteiger partial charge in [0.25, 0.3) is 0 Å². The Hall–Kier alpha value is -2.38. The number of hydrogen-bond donors (Lipinski definition) is 0. The van der Waals surface area contributed by atoms with E-state index in [1.807, 2.05) is 0 Å². The quantitative estimate of drug-likeness (QED) is 0.855. The Morgan fingerprint density at radius 1 is 1.19 bits per heavy atom. The van der Waals surface area contributed by atoms with Crippen molar-refractivity contribution in [3.05, 3.63) is 30.2 Å². The minimum atomic E-state index is -4.66. The molecule has 0 N–H and O–H groups in total. The molecule has 1 aliphatic rings. The molecule has 2 aromatic rings. The molecular weight excluding hydrogens is 287 g/mol. The maximum atomic E-state index is 12.4. The molecular formula is C13H10F3N3O2. The number of anilines is 1. The summed E-state index contributed by atoms with van der Waals surface area (Å²) in [4.78, 5) is 16.6. The highest BCUT2D eigenvalue weighted by Gasteiger charge is 2.38. The molecule has 2 heterocycles. The van der Waals surface area contributed by atoms with Gasteiger partial charge in [-0.05, 0) is 30.7 Å². The molecule has 1 aliphatic heterocycles. The van der Waals surface area contributed by atoms with Crippen LogP contribution in [-0.4, -0.2) is 22.6 Å². The average Bonchev–Trinajstić information content (AvgIpc) is 3.07. The van der Waals surface area contributed by atoms with Crippen molar-refractivity contribution in [1.29, 1.82) is 0 Å². The maximum Gasteiger partial charge on any atom is 0.471 e. The first-order chi connectivity index (χ1) is 9.95. The van der Waals surface area contributed by atoms with Gasteiger partial charge in [-0.25, -0.2) is 0 Å². The maximum absolute atomic E-state index is 12.4. The van der Waals surface area contributed by atoms with E-state index in [2.05, 4.69) is 14.7 Å². The van der Waals surface area contributed by atoms with Gasteiger partial charge in [-0.1, -0.05) is 5.16 Å². The molecule has 0 radical (unpaired) electrons. The van der Waals surface area contributed by atoms with Crippen LogP contribution >= 0.6 is 0 Å². The SMILES string of the molecule is O=C1CCCN1c1ccc(-c2noc(C(F)(F)F)n2)cc1. The molecule has 110 valence electrons. The van der Waals surface area contributed by atoms with Crippen LogP contribution in [-0.2, 0) is 11.0 Å². The molecule has 0 unspecified atom stereocenters. The van der Waals surface area contributed by atoms with E-state index in [4.69, 9.17) is 0 Å². The summed E-state index contributed by atoms with van der Waals surface area (Å²) >= 11 is 0. The van der Waals surface area contributed by atoms with Gasteiger partial charge in [0, 0.05) is 24.2 Å². The van der Waals surface area contributed by atoms with Crippen LogP contribution in [0.1, 0.15) is 18.7 Å². The lowest BCUT2D eigenvalue weighted by atomic mass is 10.2. The number of benzene rings is 1. The second kappa shape index (κ2) is 4.87. The van der Waals surface area contributed by atoms with Gasteiger partial charge in [0.2, 0.25) is 11.7 Å². The molecule has 0 bridgehead atoms. The summed E-state index contributed by atoms with van der Waals surface area (Å²) in [5.74, 6) is -1.47. The van der Waals surface area contributed by atoms with Crippen LogP contribution in [0.25, 0.3) is 11.4 Å². The Labute approximate surface area is 117 Å². The van der Waals surface area contributed by atoms with Crippen LogP contribution in [0.2, 0.25) is 0 Å². The van der Waals surface area contributed by atoms with Crippen LogP contribution in [0.5, 0.6) is 0 Å². The zero-order valence-corrected chi connectivity index (χ0v) is 10.7. The Bertz CT molecular complexity index is 664. The van der Waals surface area contributed by atoms with Crippen LogP contribution < -0.4 is 4.90 Å². The van der Waals surface area contributed by atoms with Gasteiger partial charge in [0.1, 0.15) is 0 Å². The molecule has 5 nitrogen and oxygen atoms in total. The van der Waals surface area contributed by atoms with Crippen LogP contribution in [0, 0.1) is 0 Å². The Morgan fingerprint density at radius 3 is 2.43 bits per heavy atom. The van der Waals surface area contributed by atoms with E-state index >= 15 is 0 Å². The third kappa shape index (κ3) is 2.61. The van der Waals surface area contributed by atoms with Gasteiger partial charge < -0.3 is 9.42 Å². The average molecular weight is 297 g/mol. The van der Waals surface area contributed by atoms with E-state index in [1.165, 1.54) is 0 Å². The predicted octanol–water partition coefficient (Wildman–Crippen LogP) is 2.88. The first kappa shape index (κ1) is 13.6. The smallest absolute Gasteiger partial charge is 0.329 e. The van der Waals surface area contributed by atoms with Crippen molar-refractivity contribution >= 4 is 11.6 Å². The fraction of sp³-hybridized carbons (Fsp3) is 0.308. The molecule has 1 fully saturated rings. The molecule has 0 atom stereocenters. The lowest BCUT2D eigenvalue weighted by molar-refractivity contribution is -0.159. The van der Waals surface area contributed by atoms with Crippen LogP contribution in [0.4, 0.5) is 18.9 Å². The third-order valence-electron chi connectivity index (χ3n) is 3.18. The largest absolute Gasteiger partial charge is 0.471 e. The Kier molecular flexibility index (Phi) is 3.15. The van der Waals surface area contributed by atoms with Gasteiger partial charge in [0.15, 0.2) is 0 Å². The zero-order valence-electron chi connectivity index (χ0n) is 10.7. The number of aromatic nitrogens is 2. The monoisotopic (exact) mass is 297 g/mol. The summed E-state index contributed by atoms with van der Waals surface area (Å²) in [6.07, 6.45) is -3.34. The highest BCUT2D eigenvalue weighted by Crippen LogP contribution is 2.30. The number of halogens is 3. The molecule has 0 aliphatic carbocycles. The summed E-state index contributed by atoms with van der Waals surface area (Å²) in [6, 6.07) is 6.43. The number of rotatable bonds is 2. The molecule has 21 heavy (non-hydrogen) atoms. The van der Waals surface area contributed by atoms with E-state index in [1.54, 1.807) is 29.2 Å². The van der Waals surface area contributed by atoms with Crippen molar-refractivity contribution < 1.29 is 22.5 Å². The zero-order chi connectivity index (χ0) is 15.0. The van der Waals surface area contributed by atoms with E-state index in [0.29, 0.717) is 24.2 Å². The van der Waals surface area contributed by atoms with E-state index in [-0.39, 0.29) is 11.7 Å². The lowest BCUT2D eigenvalue weighted by Crippen LogP contribution is -2.23. The Balaban J connectivity index is 1.84. The van der Waals surface area contributed by atoms with Crippen molar-refractivity contribution in [2.75, 3.05) is 11.4 Å². The highest BCUT2D eigenvalue weighted by atomic mass is 19.4. The number of alkyl halides is 3. The van der Waals surface area contributed by atoms with Crippen LogP contribution in [0.15, 0.2) is 28.8 Å². The fourth-order valence-electron chi connectivity index (χ4n) is 2.17. The van der Waals surface area contributed by atoms with Gasteiger partial charge in [-0.2, -0.15) is 18.2 Å². The van der Waals surface area contributed by atoms with Crippen molar-refractivity contribution in [3.63, 3.8) is 0 Å². The minimum Gasteiger partial charge on any atom is -0.329 e. The highest BCUT2D eigenvalue weighted by molar-refractivity contribution is 5.95.